The van der Waals surface area contributed by atoms with Crippen molar-refractivity contribution in [3.63, 3.8) is 0 Å². The molecule has 0 fully saturated rings. The van der Waals surface area contributed by atoms with E-state index in [1.165, 1.54) is 6.20 Å². The molecule has 0 amide bonds. The summed E-state index contributed by atoms with van der Waals surface area (Å²) in [7, 11) is -0.128. The molecule has 56 valence electrons. The van der Waals surface area contributed by atoms with E-state index >= 15 is 0 Å². The molecule has 5 heteroatoms. The zero-order valence-corrected chi connectivity index (χ0v) is 6.40. The Hall–Kier alpha value is -1.28. The first-order valence-electron chi connectivity index (χ1n) is 2.84. The average molecular weight is 168 g/mol. The van der Waals surface area contributed by atoms with Gasteiger partial charge >= 0.3 is 0 Å². The molecule has 11 heavy (non-hydrogen) atoms. The normalized spacial score (nSPS) is 10.9. The molecule has 1 aromatic heterocycles. The highest BCUT2D eigenvalue weighted by atomic mass is 31.1. The van der Waals surface area contributed by atoms with E-state index in [1.54, 1.807) is 12.1 Å². The minimum Gasteiger partial charge on any atom is -0.411 e. The number of aromatic nitrogens is 1. The fourth-order valence-corrected chi connectivity index (χ4v) is 0.996. The van der Waals surface area contributed by atoms with Crippen molar-refractivity contribution in [1.82, 2.24) is 4.98 Å². The summed E-state index contributed by atoms with van der Waals surface area (Å²) >= 11 is 0. The van der Waals surface area contributed by atoms with E-state index in [0.717, 1.165) is 6.21 Å². The number of nitrogens with zero attached hydrogens (tertiary/aromatic N) is 2. The molecule has 0 radical (unpaired) electrons. The molecule has 0 saturated carbocycles. The molecule has 1 heterocycles. The first kappa shape index (κ1) is 7.82. The van der Waals surface area contributed by atoms with Crippen molar-refractivity contribution in [2.45, 2.75) is 0 Å². The lowest BCUT2D eigenvalue weighted by Crippen LogP contribution is -2.03. The zero-order valence-electron chi connectivity index (χ0n) is 5.51. The Morgan fingerprint density at radius 3 is 3.18 bits per heavy atom. The molecule has 0 spiro atoms. The van der Waals surface area contributed by atoms with E-state index in [-0.39, 0.29) is 8.46 Å². The van der Waals surface area contributed by atoms with E-state index < -0.39 is 0 Å². The van der Waals surface area contributed by atoms with Crippen molar-refractivity contribution in [2.24, 2.45) is 5.16 Å². The Bertz CT molecular complexity index is 288. The van der Waals surface area contributed by atoms with Crippen LogP contribution in [0, 0.1) is 0 Å². The Kier molecular flexibility index (Phi) is 2.69. The van der Waals surface area contributed by atoms with Gasteiger partial charge in [0.2, 0.25) is 0 Å². The van der Waals surface area contributed by atoms with Crippen molar-refractivity contribution < 1.29 is 9.77 Å². The molecule has 1 aromatic rings. The van der Waals surface area contributed by atoms with Gasteiger partial charge in [0, 0.05) is 6.20 Å². The lowest BCUT2D eigenvalue weighted by molar-refractivity contribution is 0.321. The summed E-state index contributed by atoms with van der Waals surface area (Å²) in [5, 5.41) is 11.5. The maximum atomic E-state index is 10.4. The van der Waals surface area contributed by atoms with Crippen LogP contribution < -0.4 is 5.30 Å². The van der Waals surface area contributed by atoms with Gasteiger partial charge in [0.1, 0.15) is 0 Å². The standard InChI is InChI=1S/C6H5N2O2P/c9-8-4-5-6(11-10)2-1-3-7-5/h1-4,9H. The largest absolute Gasteiger partial charge is 0.411 e. The molecule has 0 bridgehead atoms. The minimum absolute atomic E-state index is 0.128. The minimum atomic E-state index is -0.128. The second kappa shape index (κ2) is 3.78. The predicted octanol–water partition coefficient (Wildman–Crippen LogP) is 0.807. The molecule has 0 aliphatic carbocycles. The van der Waals surface area contributed by atoms with Gasteiger partial charge in [0.05, 0.1) is 17.2 Å². The molecule has 0 saturated heterocycles. The quantitative estimate of drug-likeness (QED) is 0.307. The van der Waals surface area contributed by atoms with E-state index in [0.29, 0.717) is 11.0 Å². The third-order valence-corrected chi connectivity index (χ3v) is 1.67. The smallest absolute Gasteiger partial charge is 0.194 e. The number of rotatable bonds is 2. The van der Waals surface area contributed by atoms with Gasteiger partial charge in [-0.2, -0.15) is 0 Å². The highest BCUT2D eigenvalue weighted by molar-refractivity contribution is 7.34. The molecule has 0 aliphatic rings. The average Bonchev–Trinajstić information content (AvgIpc) is 2.06. The van der Waals surface area contributed by atoms with Crippen molar-refractivity contribution >= 4 is 20.0 Å². The Balaban J connectivity index is 3.11. The molecule has 4 nitrogen and oxygen atoms in total. The fourth-order valence-electron chi connectivity index (χ4n) is 0.640. The molecule has 1 rings (SSSR count). The van der Waals surface area contributed by atoms with Gasteiger partial charge in [-0.1, -0.05) is 5.16 Å². The summed E-state index contributed by atoms with van der Waals surface area (Å²) in [5.74, 6) is 0. The van der Waals surface area contributed by atoms with Gasteiger partial charge in [0.15, 0.2) is 8.46 Å². The number of oxime groups is 1. The maximum absolute atomic E-state index is 10.4. The van der Waals surface area contributed by atoms with Crippen LogP contribution in [0.4, 0.5) is 0 Å². The Morgan fingerprint density at radius 1 is 1.73 bits per heavy atom. The summed E-state index contributed by atoms with van der Waals surface area (Å²) in [6.45, 7) is 0. The summed E-state index contributed by atoms with van der Waals surface area (Å²) in [4.78, 5) is 3.82. The monoisotopic (exact) mass is 168 g/mol. The van der Waals surface area contributed by atoms with Gasteiger partial charge in [-0.15, -0.1) is 0 Å². The van der Waals surface area contributed by atoms with E-state index in [2.05, 4.69) is 10.1 Å². The van der Waals surface area contributed by atoms with E-state index in [4.69, 9.17) is 5.21 Å². The van der Waals surface area contributed by atoms with Crippen LogP contribution in [0.1, 0.15) is 5.69 Å². The van der Waals surface area contributed by atoms with Crippen molar-refractivity contribution in [1.29, 1.82) is 0 Å². The van der Waals surface area contributed by atoms with Crippen LogP contribution in [0.3, 0.4) is 0 Å². The topological polar surface area (TPSA) is 62.5 Å². The lowest BCUT2D eigenvalue weighted by Gasteiger charge is -1.91. The van der Waals surface area contributed by atoms with Crippen LogP contribution in [0.15, 0.2) is 23.5 Å². The third-order valence-electron chi connectivity index (χ3n) is 1.09. The highest BCUT2D eigenvalue weighted by Gasteiger charge is 1.98. The van der Waals surface area contributed by atoms with Gasteiger partial charge in [-0.25, -0.2) is 0 Å². The fraction of sp³-hybridized carbons (Fsp3) is 0. The number of hydrogen-bond acceptors (Lipinski definition) is 4. The van der Waals surface area contributed by atoms with Crippen LogP contribution in [0.25, 0.3) is 0 Å². The Morgan fingerprint density at radius 2 is 2.55 bits per heavy atom. The molecular weight excluding hydrogens is 163 g/mol. The second-order valence-corrected chi connectivity index (χ2v) is 2.41. The molecule has 0 aliphatic heterocycles. The van der Waals surface area contributed by atoms with E-state index in [1.807, 2.05) is 0 Å². The first-order chi connectivity index (χ1) is 5.38. The van der Waals surface area contributed by atoms with Crippen molar-refractivity contribution in [2.75, 3.05) is 0 Å². The Labute approximate surface area is 64.8 Å². The molecule has 1 N–H and O–H groups in total. The predicted molar refractivity (Wildman–Crippen MR) is 40.9 cm³/mol. The van der Waals surface area contributed by atoms with E-state index in [9.17, 15) is 4.57 Å². The van der Waals surface area contributed by atoms with Crippen molar-refractivity contribution in [3.05, 3.63) is 24.0 Å². The second-order valence-electron chi connectivity index (χ2n) is 1.74. The van der Waals surface area contributed by atoms with Gasteiger partial charge in [-0.05, 0) is 12.1 Å². The molecular formula is C6H5N2O2P. The van der Waals surface area contributed by atoms with Gasteiger partial charge < -0.3 is 5.21 Å². The SMILES string of the molecule is O=Pc1cccnc1C=NO. The lowest BCUT2D eigenvalue weighted by atomic mass is 10.4. The van der Waals surface area contributed by atoms with Crippen LogP contribution in [0.5, 0.6) is 0 Å². The molecule has 0 unspecified atom stereocenters. The summed E-state index contributed by atoms with van der Waals surface area (Å²) in [6, 6.07) is 3.30. The maximum Gasteiger partial charge on any atom is 0.194 e. The summed E-state index contributed by atoms with van der Waals surface area (Å²) in [5.41, 5.74) is 0.409. The first-order valence-corrected chi connectivity index (χ1v) is 3.65. The molecule has 0 aromatic carbocycles. The van der Waals surface area contributed by atoms with Crippen LogP contribution in [-0.2, 0) is 4.57 Å². The van der Waals surface area contributed by atoms with Gasteiger partial charge in [0.25, 0.3) is 0 Å². The van der Waals surface area contributed by atoms with Crippen LogP contribution in [-0.4, -0.2) is 16.4 Å². The van der Waals surface area contributed by atoms with Gasteiger partial charge in [-0.3, -0.25) is 9.55 Å². The van der Waals surface area contributed by atoms with Crippen molar-refractivity contribution in [3.8, 4) is 0 Å². The third kappa shape index (κ3) is 1.82. The highest BCUT2D eigenvalue weighted by Crippen LogP contribution is 1.97. The number of pyridine rings is 1. The molecule has 0 atom stereocenters. The van der Waals surface area contributed by atoms with Crippen LogP contribution >= 0.6 is 8.46 Å². The summed E-state index contributed by atoms with van der Waals surface area (Å²) in [6.07, 6.45) is 2.67. The summed E-state index contributed by atoms with van der Waals surface area (Å²) < 4.78 is 10.4. The number of hydrogen-bond donors (Lipinski definition) is 1. The van der Waals surface area contributed by atoms with Crippen LogP contribution in [0.2, 0.25) is 0 Å². The zero-order chi connectivity index (χ0) is 8.10.